The van der Waals surface area contributed by atoms with Crippen molar-refractivity contribution in [3.63, 3.8) is 0 Å². The third-order valence-electron chi connectivity index (χ3n) is 6.26. The fraction of sp³-hybridized carbons (Fsp3) is 0.296. The largest absolute Gasteiger partial charge is 0.356 e. The fourth-order valence-electron chi connectivity index (χ4n) is 4.51. The highest BCUT2D eigenvalue weighted by atomic mass is 16.2. The Balaban J connectivity index is 1.45. The van der Waals surface area contributed by atoms with Crippen LogP contribution >= 0.6 is 0 Å². The van der Waals surface area contributed by atoms with Gasteiger partial charge in [0.15, 0.2) is 5.82 Å². The van der Waals surface area contributed by atoms with Crippen LogP contribution in [0.25, 0.3) is 17.5 Å². The summed E-state index contributed by atoms with van der Waals surface area (Å²) in [6.07, 6.45) is 7.95. The van der Waals surface area contributed by atoms with Gasteiger partial charge in [-0.15, -0.1) is 0 Å². The van der Waals surface area contributed by atoms with Crippen molar-refractivity contribution in [2.24, 2.45) is 0 Å². The van der Waals surface area contributed by atoms with Gasteiger partial charge in [0.2, 0.25) is 5.91 Å². The Labute approximate surface area is 189 Å². The Morgan fingerprint density at radius 3 is 2.31 bits per heavy atom. The van der Waals surface area contributed by atoms with Crippen LogP contribution in [0.2, 0.25) is 0 Å². The smallest absolute Gasteiger partial charge is 0.246 e. The molecule has 5 rings (SSSR count). The lowest BCUT2D eigenvalue weighted by molar-refractivity contribution is -0.126. The second-order valence-corrected chi connectivity index (χ2v) is 8.46. The van der Waals surface area contributed by atoms with Crippen LogP contribution in [0.4, 0.5) is 5.82 Å². The molecule has 32 heavy (non-hydrogen) atoms. The maximum atomic E-state index is 12.9. The van der Waals surface area contributed by atoms with Crippen LogP contribution in [0.1, 0.15) is 36.1 Å². The number of hydrogen-bond donors (Lipinski definition) is 0. The Kier molecular flexibility index (Phi) is 5.97. The Morgan fingerprint density at radius 1 is 0.844 bits per heavy atom. The first kappa shape index (κ1) is 20.4. The first-order valence-electron chi connectivity index (χ1n) is 11.5. The van der Waals surface area contributed by atoms with E-state index in [4.69, 9.17) is 9.97 Å². The summed E-state index contributed by atoms with van der Waals surface area (Å²) in [4.78, 5) is 27.2. The van der Waals surface area contributed by atoms with Crippen LogP contribution in [0.15, 0.2) is 66.7 Å². The molecular formula is C27H28N4O. The molecule has 3 aromatic rings. The van der Waals surface area contributed by atoms with Gasteiger partial charge in [-0.1, -0.05) is 60.7 Å². The molecule has 0 bridgehead atoms. The van der Waals surface area contributed by atoms with Crippen LogP contribution in [-0.4, -0.2) is 40.4 Å². The average Bonchev–Trinajstić information content (AvgIpc) is 2.88. The summed E-state index contributed by atoms with van der Waals surface area (Å²) in [6, 6.07) is 20.1. The predicted molar refractivity (Wildman–Crippen MR) is 128 cm³/mol. The molecule has 0 unspecified atom stereocenters. The molecule has 2 aliphatic heterocycles. The van der Waals surface area contributed by atoms with Crippen molar-refractivity contribution in [1.29, 1.82) is 0 Å². The molecule has 1 saturated heterocycles. The summed E-state index contributed by atoms with van der Waals surface area (Å²) in [5, 5.41) is 0. The second-order valence-electron chi connectivity index (χ2n) is 8.46. The molecule has 1 aromatic heterocycles. The highest BCUT2D eigenvalue weighted by molar-refractivity contribution is 5.92. The second kappa shape index (κ2) is 9.35. The van der Waals surface area contributed by atoms with Gasteiger partial charge in [-0.25, -0.2) is 9.97 Å². The summed E-state index contributed by atoms with van der Waals surface area (Å²) >= 11 is 0. The number of rotatable bonds is 4. The number of anilines is 1. The van der Waals surface area contributed by atoms with E-state index in [-0.39, 0.29) is 5.91 Å². The minimum atomic E-state index is 0.0382. The number of hydrogen-bond acceptors (Lipinski definition) is 4. The number of carbonyl (C=O) groups is 1. The number of aromatic nitrogens is 2. The quantitative estimate of drug-likeness (QED) is 0.568. The standard InChI is InChI=1S/C27H28N4O/c32-25(15-14-21-10-4-1-5-11-21)31-19-16-24-23(20-31)27(30-17-8-3-9-18-30)29-26(28-24)22-12-6-2-7-13-22/h1-2,4-7,10-15H,3,8-9,16-20H2. The van der Waals surface area contributed by atoms with Gasteiger partial charge < -0.3 is 9.80 Å². The minimum absolute atomic E-state index is 0.0382. The SMILES string of the molecule is O=C(C=Cc1ccccc1)N1CCc2nc(-c3ccccc3)nc(N3CCCCC3)c2C1. The summed E-state index contributed by atoms with van der Waals surface area (Å²) in [5.74, 6) is 1.84. The van der Waals surface area contributed by atoms with Gasteiger partial charge >= 0.3 is 0 Å². The number of amides is 1. The lowest BCUT2D eigenvalue weighted by atomic mass is 10.0. The summed E-state index contributed by atoms with van der Waals surface area (Å²) in [6.45, 7) is 3.27. The van der Waals surface area contributed by atoms with Crippen LogP contribution < -0.4 is 4.90 Å². The van der Waals surface area contributed by atoms with E-state index >= 15 is 0 Å². The van der Waals surface area contributed by atoms with E-state index < -0.39 is 0 Å². The molecule has 2 aliphatic rings. The molecule has 3 heterocycles. The number of piperidine rings is 1. The van der Waals surface area contributed by atoms with Gasteiger partial charge in [0.25, 0.3) is 0 Å². The van der Waals surface area contributed by atoms with E-state index in [1.807, 2.05) is 59.5 Å². The van der Waals surface area contributed by atoms with Crippen LogP contribution in [0.5, 0.6) is 0 Å². The topological polar surface area (TPSA) is 49.3 Å². The maximum Gasteiger partial charge on any atom is 0.246 e. The fourth-order valence-corrected chi connectivity index (χ4v) is 4.51. The zero-order valence-electron chi connectivity index (χ0n) is 18.3. The third-order valence-corrected chi connectivity index (χ3v) is 6.26. The van der Waals surface area contributed by atoms with Crippen molar-refractivity contribution in [1.82, 2.24) is 14.9 Å². The van der Waals surface area contributed by atoms with Gasteiger partial charge in [-0.2, -0.15) is 0 Å². The van der Waals surface area contributed by atoms with E-state index in [0.717, 1.165) is 53.5 Å². The molecule has 0 spiro atoms. The van der Waals surface area contributed by atoms with Crippen molar-refractivity contribution in [3.05, 3.63) is 83.6 Å². The molecule has 1 fully saturated rings. The monoisotopic (exact) mass is 424 g/mol. The number of benzene rings is 2. The maximum absolute atomic E-state index is 12.9. The van der Waals surface area contributed by atoms with Crippen LogP contribution in [0, 0.1) is 0 Å². The molecule has 0 saturated carbocycles. The molecule has 2 aromatic carbocycles. The highest BCUT2D eigenvalue weighted by Crippen LogP contribution is 2.31. The Hall–Kier alpha value is -3.47. The zero-order valence-corrected chi connectivity index (χ0v) is 18.3. The predicted octanol–water partition coefficient (Wildman–Crippen LogP) is 4.73. The van der Waals surface area contributed by atoms with E-state index in [0.29, 0.717) is 13.1 Å². The molecular weight excluding hydrogens is 396 g/mol. The molecule has 5 nitrogen and oxygen atoms in total. The molecule has 5 heteroatoms. The van der Waals surface area contributed by atoms with Gasteiger partial charge in [0.05, 0.1) is 12.2 Å². The lowest BCUT2D eigenvalue weighted by Gasteiger charge is -2.34. The third kappa shape index (κ3) is 4.42. The van der Waals surface area contributed by atoms with E-state index in [1.165, 1.54) is 19.3 Å². The van der Waals surface area contributed by atoms with E-state index in [2.05, 4.69) is 17.0 Å². The normalized spacial score (nSPS) is 16.2. The van der Waals surface area contributed by atoms with E-state index in [9.17, 15) is 4.79 Å². The van der Waals surface area contributed by atoms with Crippen LogP contribution in [0.3, 0.4) is 0 Å². The zero-order chi connectivity index (χ0) is 21.8. The molecule has 0 radical (unpaired) electrons. The van der Waals surface area contributed by atoms with Gasteiger partial charge in [0.1, 0.15) is 5.82 Å². The molecule has 162 valence electrons. The van der Waals surface area contributed by atoms with Gasteiger partial charge in [-0.05, 0) is 30.9 Å². The van der Waals surface area contributed by atoms with Crippen molar-refractivity contribution in [2.45, 2.75) is 32.2 Å². The summed E-state index contributed by atoms with van der Waals surface area (Å²) in [5.41, 5.74) is 4.26. The molecule has 0 atom stereocenters. The average molecular weight is 425 g/mol. The first-order valence-corrected chi connectivity index (χ1v) is 11.5. The highest BCUT2D eigenvalue weighted by Gasteiger charge is 2.27. The Bertz CT molecular complexity index is 1110. The van der Waals surface area contributed by atoms with Crippen LogP contribution in [-0.2, 0) is 17.8 Å². The van der Waals surface area contributed by atoms with Gasteiger partial charge in [0, 0.05) is 43.3 Å². The summed E-state index contributed by atoms with van der Waals surface area (Å²) < 4.78 is 0. The Morgan fingerprint density at radius 2 is 1.56 bits per heavy atom. The van der Waals surface area contributed by atoms with Crippen molar-refractivity contribution < 1.29 is 4.79 Å². The lowest BCUT2D eigenvalue weighted by Crippen LogP contribution is -2.38. The molecule has 0 N–H and O–H groups in total. The first-order chi connectivity index (χ1) is 15.8. The molecule has 1 amide bonds. The molecule has 0 aliphatic carbocycles. The minimum Gasteiger partial charge on any atom is -0.356 e. The van der Waals surface area contributed by atoms with E-state index in [1.54, 1.807) is 6.08 Å². The van der Waals surface area contributed by atoms with Crippen molar-refractivity contribution >= 4 is 17.8 Å². The number of carbonyl (C=O) groups excluding carboxylic acids is 1. The van der Waals surface area contributed by atoms with Gasteiger partial charge in [-0.3, -0.25) is 4.79 Å². The van der Waals surface area contributed by atoms with Crippen molar-refractivity contribution in [3.8, 4) is 11.4 Å². The van der Waals surface area contributed by atoms with Crippen molar-refractivity contribution in [2.75, 3.05) is 24.5 Å². The summed E-state index contributed by atoms with van der Waals surface area (Å²) in [7, 11) is 0. The number of fused-ring (bicyclic) bond motifs is 1. The number of nitrogens with zero attached hydrogens (tertiary/aromatic N) is 4.